The third kappa shape index (κ3) is 4.68. The number of nitro benzene ring substituents is 1. The van der Waals surface area contributed by atoms with Crippen molar-refractivity contribution < 1.29 is 9.34 Å². The fraction of sp³-hybridized carbons (Fsp3) is 0.200. The molecule has 0 amide bonds. The van der Waals surface area contributed by atoms with E-state index in [1.54, 1.807) is 23.3 Å². The van der Waals surface area contributed by atoms with Gasteiger partial charge in [0.25, 0.3) is 5.69 Å². The zero-order valence-electron chi connectivity index (χ0n) is 12.4. The summed E-state index contributed by atoms with van der Waals surface area (Å²) < 4.78 is 5.29. The summed E-state index contributed by atoms with van der Waals surface area (Å²) in [5.41, 5.74) is 0.233. The van der Waals surface area contributed by atoms with Gasteiger partial charge in [-0.25, -0.2) is 0 Å². The summed E-state index contributed by atoms with van der Waals surface area (Å²) in [6.07, 6.45) is 1.82. The summed E-state index contributed by atoms with van der Waals surface area (Å²) >= 11 is 11.4. The van der Waals surface area contributed by atoms with Crippen molar-refractivity contribution >= 4 is 40.3 Å². The molecule has 0 saturated carbocycles. The van der Waals surface area contributed by atoms with Crippen LogP contribution in [0.3, 0.4) is 0 Å². The van der Waals surface area contributed by atoms with Gasteiger partial charge in [-0.1, -0.05) is 11.6 Å². The Kier molecular flexibility index (Phi) is 6.12. The summed E-state index contributed by atoms with van der Waals surface area (Å²) in [5.74, 6) is 0.683. The minimum Gasteiger partial charge on any atom is -0.467 e. The molecule has 1 heterocycles. The van der Waals surface area contributed by atoms with E-state index in [0.29, 0.717) is 34.7 Å². The number of non-ortho nitro benzene ring substituents is 1. The molecule has 7 nitrogen and oxygen atoms in total. The van der Waals surface area contributed by atoms with E-state index in [-0.39, 0.29) is 12.1 Å². The van der Waals surface area contributed by atoms with Gasteiger partial charge >= 0.3 is 0 Å². The van der Waals surface area contributed by atoms with Crippen LogP contribution in [0.2, 0.25) is 5.02 Å². The first kappa shape index (κ1) is 17.7. The van der Waals surface area contributed by atoms with E-state index >= 15 is 0 Å². The Morgan fingerprint density at radius 3 is 2.92 bits per heavy atom. The van der Waals surface area contributed by atoms with Crippen molar-refractivity contribution in [1.29, 1.82) is 5.26 Å². The van der Waals surface area contributed by atoms with Crippen LogP contribution in [0.15, 0.2) is 41.0 Å². The van der Waals surface area contributed by atoms with E-state index in [9.17, 15) is 10.1 Å². The minimum atomic E-state index is -0.513. The highest BCUT2D eigenvalue weighted by atomic mass is 35.5. The maximum Gasteiger partial charge on any atom is 0.271 e. The molecule has 1 aromatic carbocycles. The minimum absolute atomic E-state index is 0.0979. The Labute approximate surface area is 148 Å². The van der Waals surface area contributed by atoms with Crippen molar-refractivity contribution in [2.24, 2.45) is 0 Å². The number of nitrogens with zero attached hydrogens (tertiary/aromatic N) is 3. The molecular formula is C15H13ClN4O3S. The Hall–Kier alpha value is -2.63. The Balaban J connectivity index is 2.16. The first-order valence-electron chi connectivity index (χ1n) is 6.90. The molecule has 0 aliphatic heterocycles. The van der Waals surface area contributed by atoms with Gasteiger partial charge in [0, 0.05) is 18.7 Å². The highest BCUT2D eigenvalue weighted by Gasteiger charge is 2.15. The van der Waals surface area contributed by atoms with Crippen LogP contribution in [0, 0.1) is 21.4 Å². The fourth-order valence-electron chi connectivity index (χ4n) is 1.94. The van der Waals surface area contributed by atoms with Gasteiger partial charge in [0.1, 0.15) is 5.76 Å². The van der Waals surface area contributed by atoms with E-state index < -0.39 is 4.92 Å². The van der Waals surface area contributed by atoms with Crippen LogP contribution in [0.5, 0.6) is 0 Å². The number of nitriles is 1. The van der Waals surface area contributed by atoms with E-state index in [0.717, 1.165) is 0 Å². The van der Waals surface area contributed by atoms with Gasteiger partial charge in [-0.05, 0) is 30.4 Å². The van der Waals surface area contributed by atoms with Crippen molar-refractivity contribution in [3.63, 3.8) is 0 Å². The average Bonchev–Trinajstić information content (AvgIpc) is 3.06. The predicted molar refractivity (Wildman–Crippen MR) is 93.7 cm³/mol. The van der Waals surface area contributed by atoms with Crippen LogP contribution in [0.25, 0.3) is 0 Å². The molecule has 0 atom stereocenters. The van der Waals surface area contributed by atoms with Crippen molar-refractivity contribution in [3.05, 3.63) is 57.5 Å². The summed E-state index contributed by atoms with van der Waals surface area (Å²) in [6, 6.07) is 9.66. The van der Waals surface area contributed by atoms with E-state index in [1.807, 2.05) is 0 Å². The predicted octanol–water partition coefficient (Wildman–Crippen LogP) is 3.95. The fourth-order valence-corrected chi connectivity index (χ4v) is 2.38. The SMILES string of the molecule is N#CCCN(Cc1ccco1)C(=S)Nc1cc([N+](=O)[O-])ccc1Cl. The molecule has 2 rings (SSSR count). The molecule has 0 aliphatic carbocycles. The van der Waals surface area contributed by atoms with Gasteiger partial charge in [-0.3, -0.25) is 10.1 Å². The summed E-state index contributed by atoms with van der Waals surface area (Å²) in [5, 5.41) is 23.2. The lowest BCUT2D eigenvalue weighted by atomic mass is 10.3. The third-order valence-corrected chi connectivity index (χ3v) is 3.80. The molecular weight excluding hydrogens is 352 g/mol. The number of halogens is 1. The number of benzene rings is 1. The largest absolute Gasteiger partial charge is 0.467 e. The molecule has 9 heteroatoms. The molecule has 0 bridgehead atoms. The van der Waals surface area contributed by atoms with Gasteiger partial charge in [0.05, 0.1) is 40.9 Å². The summed E-state index contributed by atoms with van der Waals surface area (Å²) in [6.45, 7) is 0.753. The molecule has 2 aromatic rings. The molecule has 0 saturated heterocycles. The van der Waals surface area contributed by atoms with E-state index in [1.165, 1.54) is 18.2 Å². The summed E-state index contributed by atoms with van der Waals surface area (Å²) in [7, 11) is 0. The van der Waals surface area contributed by atoms with Crippen LogP contribution >= 0.6 is 23.8 Å². The highest BCUT2D eigenvalue weighted by molar-refractivity contribution is 7.80. The zero-order chi connectivity index (χ0) is 17.5. The molecule has 24 heavy (non-hydrogen) atoms. The van der Waals surface area contributed by atoms with Crippen molar-refractivity contribution in [2.45, 2.75) is 13.0 Å². The zero-order valence-corrected chi connectivity index (χ0v) is 14.0. The lowest BCUT2D eigenvalue weighted by molar-refractivity contribution is -0.384. The molecule has 0 aliphatic rings. The maximum atomic E-state index is 10.9. The number of rotatable bonds is 6. The first-order chi connectivity index (χ1) is 11.5. The molecule has 0 radical (unpaired) electrons. The maximum absolute atomic E-state index is 10.9. The molecule has 0 unspecified atom stereocenters. The van der Waals surface area contributed by atoms with Crippen LogP contribution in [-0.2, 0) is 6.54 Å². The molecule has 0 fully saturated rings. The van der Waals surface area contributed by atoms with Crippen molar-refractivity contribution in [2.75, 3.05) is 11.9 Å². The second-order valence-electron chi connectivity index (χ2n) is 4.76. The highest BCUT2D eigenvalue weighted by Crippen LogP contribution is 2.27. The van der Waals surface area contributed by atoms with E-state index in [2.05, 4.69) is 11.4 Å². The van der Waals surface area contributed by atoms with E-state index in [4.69, 9.17) is 33.5 Å². The second-order valence-corrected chi connectivity index (χ2v) is 5.55. The van der Waals surface area contributed by atoms with Crippen LogP contribution in [0.1, 0.15) is 12.2 Å². The monoisotopic (exact) mass is 364 g/mol. The first-order valence-corrected chi connectivity index (χ1v) is 7.69. The number of nitrogens with one attached hydrogen (secondary N) is 1. The number of hydrogen-bond donors (Lipinski definition) is 1. The van der Waals surface area contributed by atoms with Crippen molar-refractivity contribution in [1.82, 2.24) is 4.90 Å². The smallest absolute Gasteiger partial charge is 0.271 e. The Bertz CT molecular complexity index is 774. The van der Waals surface area contributed by atoms with Crippen LogP contribution in [0.4, 0.5) is 11.4 Å². The number of anilines is 1. The number of nitro groups is 1. The number of hydrogen-bond acceptors (Lipinski definition) is 5. The van der Waals surface area contributed by atoms with Crippen molar-refractivity contribution in [3.8, 4) is 6.07 Å². The average molecular weight is 365 g/mol. The van der Waals surface area contributed by atoms with Gasteiger partial charge in [-0.15, -0.1) is 0 Å². The van der Waals surface area contributed by atoms with Gasteiger partial charge in [0.2, 0.25) is 0 Å². The van der Waals surface area contributed by atoms with Gasteiger partial charge < -0.3 is 14.6 Å². The molecule has 1 N–H and O–H groups in total. The standard InChI is InChI=1S/C15H13ClN4O3S/c16-13-5-4-11(20(21)22)9-14(13)18-15(24)19(7-2-6-17)10-12-3-1-8-23-12/h1,3-5,8-9H,2,7,10H2,(H,18,24). The molecule has 124 valence electrons. The topological polar surface area (TPSA) is 95.3 Å². The normalized spacial score (nSPS) is 10.0. The molecule has 1 aromatic heterocycles. The third-order valence-electron chi connectivity index (χ3n) is 3.11. The Morgan fingerprint density at radius 1 is 1.50 bits per heavy atom. The van der Waals surface area contributed by atoms with Gasteiger partial charge in [0.15, 0.2) is 5.11 Å². The van der Waals surface area contributed by atoms with Crippen LogP contribution < -0.4 is 5.32 Å². The summed E-state index contributed by atoms with van der Waals surface area (Å²) in [4.78, 5) is 12.1. The quantitative estimate of drug-likeness (QED) is 0.471. The molecule has 0 spiro atoms. The lowest BCUT2D eigenvalue weighted by Crippen LogP contribution is -2.35. The number of furan rings is 1. The second kappa shape index (κ2) is 8.29. The number of thiocarbonyl (C=S) groups is 1. The lowest BCUT2D eigenvalue weighted by Gasteiger charge is -2.24. The van der Waals surface area contributed by atoms with Crippen LogP contribution in [-0.4, -0.2) is 21.5 Å². The van der Waals surface area contributed by atoms with Gasteiger partial charge in [-0.2, -0.15) is 5.26 Å². The Morgan fingerprint density at radius 2 is 2.29 bits per heavy atom.